The summed E-state index contributed by atoms with van der Waals surface area (Å²) in [7, 11) is 0. The fourth-order valence-corrected chi connectivity index (χ4v) is 4.39. The van der Waals surface area contributed by atoms with Gasteiger partial charge in [0.1, 0.15) is 11.3 Å². The van der Waals surface area contributed by atoms with Gasteiger partial charge in [-0.1, -0.05) is 12.8 Å². The largest absolute Gasteiger partial charge is 0.381 e. The fraction of sp³-hybridized carbons (Fsp3) is 0.812. The third-order valence-corrected chi connectivity index (χ3v) is 5.76. The third-order valence-electron chi connectivity index (χ3n) is 5.76. The third kappa shape index (κ3) is 2.88. The van der Waals surface area contributed by atoms with Gasteiger partial charge in [0, 0.05) is 25.6 Å². The van der Waals surface area contributed by atoms with Crippen LogP contribution < -0.4 is 5.32 Å². The monoisotopic (exact) mass is 335 g/mol. The van der Waals surface area contributed by atoms with Gasteiger partial charge in [-0.05, 0) is 25.7 Å². The Balaban J connectivity index is 1.35. The summed E-state index contributed by atoms with van der Waals surface area (Å²) in [6, 6.07) is 0.0551. The Hall–Kier alpha value is -1.67. The number of urea groups is 1. The van der Waals surface area contributed by atoms with Crippen molar-refractivity contribution in [2.24, 2.45) is 0 Å². The van der Waals surface area contributed by atoms with Crippen molar-refractivity contribution in [3.63, 3.8) is 0 Å². The van der Waals surface area contributed by atoms with E-state index in [0.29, 0.717) is 25.3 Å². The van der Waals surface area contributed by atoms with E-state index in [-0.39, 0.29) is 24.2 Å². The lowest BCUT2D eigenvalue weighted by Crippen LogP contribution is -2.51. The lowest BCUT2D eigenvalue weighted by Gasteiger charge is -2.39. The molecule has 132 valence electrons. The van der Waals surface area contributed by atoms with Crippen molar-refractivity contribution in [1.29, 1.82) is 0 Å². The van der Waals surface area contributed by atoms with Crippen LogP contribution in [-0.2, 0) is 10.3 Å². The molecule has 24 heavy (non-hydrogen) atoms. The number of carbonyl (C=O) groups excluding carboxylic acids is 1. The number of aliphatic hydroxyl groups is 1. The molecule has 8 heteroatoms. The number of amides is 2. The van der Waals surface area contributed by atoms with Gasteiger partial charge < -0.3 is 20.1 Å². The summed E-state index contributed by atoms with van der Waals surface area (Å²) in [5, 5.41) is 24.1. The van der Waals surface area contributed by atoms with Crippen LogP contribution in [0, 0.1) is 0 Å². The number of β-amino-alcohol motifs (C(OH)–C–C–N with tert-alkyl or cyclic N) is 1. The van der Waals surface area contributed by atoms with Gasteiger partial charge in [-0.3, -0.25) is 0 Å². The number of aromatic nitrogens is 3. The molecule has 1 aromatic heterocycles. The zero-order valence-electron chi connectivity index (χ0n) is 13.8. The van der Waals surface area contributed by atoms with Crippen molar-refractivity contribution in [3.8, 4) is 0 Å². The molecular weight excluding hydrogens is 310 g/mol. The number of carbonyl (C=O) groups is 1. The molecule has 1 spiro atoms. The normalized spacial score (nSPS) is 32.4. The highest BCUT2D eigenvalue weighted by Gasteiger charge is 2.43. The van der Waals surface area contributed by atoms with Gasteiger partial charge in [-0.15, -0.1) is 0 Å². The topological polar surface area (TPSA) is 103 Å². The lowest BCUT2D eigenvalue weighted by atomic mass is 9.89. The first-order valence-electron chi connectivity index (χ1n) is 8.87. The number of likely N-dealkylation sites (tertiary alicyclic amines) is 1. The number of rotatable bonds is 2. The standard InChI is InChI=1S/C16H25N5O3/c22-14(18-12-3-8-24-15(9-12)4-1-2-5-15)21-7-6-16(23,11-21)13-10-17-20-19-13/h10,12,23H,1-9,11H2,(H,18,22)(H,17,19,20). The highest BCUT2D eigenvalue weighted by Crippen LogP contribution is 2.40. The minimum Gasteiger partial charge on any atom is -0.381 e. The van der Waals surface area contributed by atoms with Crippen LogP contribution >= 0.6 is 0 Å². The van der Waals surface area contributed by atoms with E-state index in [9.17, 15) is 9.90 Å². The Bertz CT molecular complexity index is 587. The highest BCUT2D eigenvalue weighted by atomic mass is 16.5. The Morgan fingerprint density at radius 2 is 2.25 bits per heavy atom. The summed E-state index contributed by atoms with van der Waals surface area (Å²) in [5.41, 5.74) is -0.621. The first kappa shape index (κ1) is 15.8. The minimum atomic E-state index is -1.10. The van der Waals surface area contributed by atoms with Crippen LogP contribution in [0.3, 0.4) is 0 Å². The van der Waals surface area contributed by atoms with Gasteiger partial charge in [0.2, 0.25) is 0 Å². The Morgan fingerprint density at radius 3 is 3.00 bits per heavy atom. The van der Waals surface area contributed by atoms with Crippen LogP contribution in [0.1, 0.15) is 50.6 Å². The molecule has 1 saturated carbocycles. The van der Waals surface area contributed by atoms with Gasteiger partial charge in [0.05, 0.1) is 18.3 Å². The van der Waals surface area contributed by atoms with E-state index >= 15 is 0 Å². The van der Waals surface area contributed by atoms with Gasteiger partial charge in [-0.2, -0.15) is 15.4 Å². The van der Waals surface area contributed by atoms with E-state index in [4.69, 9.17) is 4.74 Å². The van der Waals surface area contributed by atoms with E-state index in [1.807, 2.05) is 0 Å². The van der Waals surface area contributed by atoms with Gasteiger partial charge >= 0.3 is 6.03 Å². The molecule has 3 heterocycles. The predicted octanol–water partition coefficient (Wildman–Crippen LogP) is 0.899. The number of hydrogen-bond donors (Lipinski definition) is 3. The minimum absolute atomic E-state index is 0.0113. The SMILES string of the molecule is O=C(NC1CCOC2(CCCC2)C1)N1CCC(O)(c2cn[nH]n2)C1. The maximum absolute atomic E-state index is 12.6. The summed E-state index contributed by atoms with van der Waals surface area (Å²) in [5.74, 6) is 0. The summed E-state index contributed by atoms with van der Waals surface area (Å²) >= 11 is 0. The molecule has 0 radical (unpaired) electrons. The van der Waals surface area contributed by atoms with Crippen molar-refractivity contribution < 1.29 is 14.6 Å². The Kier molecular flexibility index (Phi) is 3.96. The summed E-state index contributed by atoms with van der Waals surface area (Å²) in [6.07, 6.45) is 8.41. The summed E-state index contributed by atoms with van der Waals surface area (Å²) < 4.78 is 6.02. The van der Waals surface area contributed by atoms with E-state index in [1.54, 1.807) is 4.90 Å². The summed E-state index contributed by atoms with van der Waals surface area (Å²) in [4.78, 5) is 14.3. The van der Waals surface area contributed by atoms with Gasteiger partial charge in [0.15, 0.2) is 0 Å². The van der Waals surface area contributed by atoms with E-state index in [0.717, 1.165) is 25.7 Å². The van der Waals surface area contributed by atoms with Gasteiger partial charge in [0.25, 0.3) is 0 Å². The maximum Gasteiger partial charge on any atom is 0.317 e. The summed E-state index contributed by atoms with van der Waals surface area (Å²) in [6.45, 7) is 1.48. The Morgan fingerprint density at radius 1 is 1.42 bits per heavy atom. The molecule has 3 N–H and O–H groups in total. The van der Waals surface area contributed by atoms with Crippen molar-refractivity contribution in [1.82, 2.24) is 25.6 Å². The first-order chi connectivity index (χ1) is 11.6. The zero-order chi connectivity index (χ0) is 16.6. The maximum atomic E-state index is 12.6. The molecule has 4 rings (SSSR count). The van der Waals surface area contributed by atoms with Crippen LogP contribution in [0.5, 0.6) is 0 Å². The molecule has 3 aliphatic rings. The van der Waals surface area contributed by atoms with Crippen LogP contribution in [0.25, 0.3) is 0 Å². The van der Waals surface area contributed by atoms with Gasteiger partial charge in [-0.25, -0.2) is 4.79 Å². The van der Waals surface area contributed by atoms with Crippen LogP contribution in [0.15, 0.2) is 6.20 Å². The fourth-order valence-electron chi connectivity index (χ4n) is 4.39. The second-order valence-corrected chi connectivity index (χ2v) is 7.44. The average molecular weight is 335 g/mol. The zero-order valence-corrected chi connectivity index (χ0v) is 13.8. The molecule has 0 bridgehead atoms. The number of nitrogens with one attached hydrogen (secondary N) is 2. The van der Waals surface area contributed by atoms with Crippen molar-refractivity contribution >= 4 is 6.03 Å². The van der Waals surface area contributed by atoms with Crippen molar-refractivity contribution in [2.75, 3.05) is 19.7 Å². The number of nitrogens with zero attached hydrogens (tertiary/aromatic N) is 3. The number of hydrogen-bond acceptors (Lipinski definition) is 5. The molecule has 2 saturated heterocycles. The molecule has 1 aliphatic carbocycles. The number of aromatic amines is 1. The molecule has 3 fully saturated rings. The smallest absolute Gasteiger partial charge is 0.317 e. The van der Waals surface area contributed by atoms with E-state index in [2.05, 4.69) is 20.7 Å². The number of ether oxygens (including phenoxy) is 1. The predicted molar refractivity (Wildman–Crippen MR) is 85.2 cm³/mol. The molecular formula is C16H25N5O3. The quantitative estimate of drug-likeness (QED) is 0.745. The van der Waals surface area contributed by atoms with Crippen LogP contribution in [0.4, 0.5) is 4.79 Å². The highest BCUT2D eigenvalue weighted by molar-refractivity contribution is 5.75. The average Bonchev–Trinajstić information content (AvgIpc) is 3.29. The molecule has 2 atom stereocenters. The molecule has 8 nitrogen and oxygen atoms in total. The van der Waals surface area contributed by atoms with E-state index < -0.39 is 5.60 Å². The first-order valence-corrected chi connectivity index (χ1v) is 8.87. The molecule has 0 aromatic carbocycles. The molecule has 1 aromatic rings. The van der Waals surface area contributed by atoms with Crippen LogP contribution in [-0.4, -0.2) is 62.8 Å². The Labute approximate surface area is 140 Å². The molecule has 2 amide bonds. The van der Waals surface area contributed by atoms with E-state index in [1.165, 1.54) is 19.0 Å². The second-order valence-electron chi connectivity index (χ2n) is 7.44. The van der Waals surface area contributed by atoms with Crippen molar-refractivity contribution in [2.45, 2.75) is 62.2 Å². The lowest BCUT2D eigenvalue weighted by molar-refractivity contribution is -0.0823. The van der Waals surface area contributed by atoms with Crippen molar-refractivity contribution in [3.05, 3.63) is 11.9 Å². The molecule has 2 aliphatic heterocycles. The second kappa shape index (κ2) is 6.00. The number of H-pyrrole nitrogens is 1. The molecule has 2 unspecified atom stereocenters. The van der Waals surface area contributed by atoms with Crippen LogP contribution in [0.2, 0.25) is 0 Å².